The Morgan fingerprint density at radius 3 is 3.00 bits per heavy atom. The van der Waals surface area contributed by atoms with Crippen LogP contribution in [0.25, 0.3) is 0 Å². The lowest BCUT2D eigenvalue weighted by Gasteiger charge is -2.02. The monoisotopic (exact) mass is 182 g/mol. The molecule has 1 aromatic rings. The molecular formula is C9H14N2O2. The molecule has 4 heteroatoms. The molecule has 1 N–H and O–H groups in total. The van der Waals surface area contributed by atoms with E-state index in [4.69, 9.17) is 5.11 Å². The van der Waals surface area contributed by atoms with Crippen LogP contribution in [-0.2, 0) is 6.54 Å². The summed E-state index contributed by atoms with van der Waals surface area (Å²) in [6.07, 6.45) is 4.75. The van der Waals surface area contributed by atoms with Crippen molar-refractivity contribution in [3.05, 3.63) is 18.0 Å². The molecule has 0 saturated heterocycles. The van der Waals surface area contributed by atoms with Crippen LogP contribution >= 0.6 is 0 Å². The Morgan fingerprint density at radius 2 is 2.38 bits per heavy atom. The van der Waals surface area contributed by atoms with E-state index in [1.54, 1.807) is 0 Å². The topological polar surface area (TPSA) is 55.1 Å². The molecule has 0 fully saturated rings. The fourth-order valence-electron chi connectivity index (χ4n) is 1.20. The molecule has 0 aliphatic heterocycles. The minimum Gasteiger partial charge on any atom is -0.477 e. The van der Waals surface area contributed by atoms with Crippen LogP contribution in [0.4, 0.5) is 0 Å². The van der Waals surface area contributed by atoms with Crippen molar-refractivity contribution in [3.8, 4) is 0 Å². The van der Waals surface area contributed by atoms with Gasteiger partial charge in [-0.1, -0.05) is 19.8 Å². The van der Waals surface area contributed by atoms with Gasteiger partial charge in [-0.2, -0.15) is 5.10 Å². The van der Waals surface area contributed by atoms with Crippen LogP contribution in [0.5, 0.6) is 0 Å². The maximum Gasteiger partial charge on any atom is 0.354 e. The standard InChI is InChI=1S/C9H14N2O2/c1-2-3-4-7-11-8(9(12)13)5-6-10-11/h5-6H,2-4,7H2,1H3,(H,12,13). The number of unbranched alkanes of at least 4 members (excludes halogenated alkanes) is 2. The Labute approximate surface area is 77.2 Å². The summed E-state index contributed by atoms with van der Waals surface area (Å²) >= 11 is 0. The van der Waals surface area contributed by atoms with Gasteiger partial charge in [0, 0.05) is 12.7 Å². The number of hydrogen-bond acceptors (Lipinski definition) is 2. The average molecular weight is 182 g/mol. The van der Waals surface area contributed by atoms with Crippen LogP contribution in [0.15, 0.2) is 12.3 Å². The summed E-state index contributed by atoms with van der Waals surface area (Å²) in [5.41, 5.74) is 0.274. The Bertz CT molecular complexity index is 281. The maximum atomic E-state index is 10.7. The van der Waals surface area contributed by atoms with Gasteiger partial charge in [0.15, 0.2) is 0 Å². The molecule has 0 aliphatic carbocycles. The van der Waals surface area contributed by atoms with Crippen molar-refractivity contribution in [3.63, 3.8) is 0 Å². The molecule has 0 saturated carbocycles. The van der Waals surface area contributed by atoms with Crippen molar-refractivity contribution in [2.45, 2.75) is 32.7 Å². The molecule has 4 nitrogen and oxygen atoms in total. The molecule has 0 amide bonds. The van der Waals surface area contributed by atoms with Crippen molar-refractivity contribution in [2.24, 2.45) is 0 Å². The molecule has 0 unspecified atom stereocenters. The number of aryl methyl sites for hydroxylation is 1. The number of hydrogen-bond donors (Lipinski definition) is 1. The Kier molecular flexibility index (Phi) is 3.49. The van der Waals surface area contributed by atoms with Crippen molar-refractivity contribution >= 4 is 5.97 Å². The van der Waals surface area contributed by atoms with E-state index in [-0.39, 0.29) is 5.69 Å². The minimum atomic E-state index is -0.908. The van der Waals surface area contributed by atoms with Gasteiger partial charge in [-0.15, -0.1) is 0 Å². The zero-order valence-electron chi connectivity index (χ0n) is 7.73. The largest absolute Gasteiger partial charge is 0.477 e. The predicted molar refractivity (Wildman–Crippen MR) is 48.7 cm³/mol. The predicted octanol–water partition coefficient (Wildman–Crippen LogP) is 1.77. The van der Waals surface area contributed by atoms with Crippen molar-refractivity contribution < 1.29 is 9.90 Å². The maximum absolute atomic E-state index is 10.7. The van der Waals surface area contributed by atoms with Gasteiger partial charge in [-0.3, -0.25) is 4.68 Å². The summed E-state index contributed by atoms with van der Waals surface area (Å²) in [4.78, 5) is 10.7. The van der Waals surface area contributed by atoms with Crippen LogP contribution < -0.4 is 0 Å². The quantitative estimate of drug-likeness (QED) is 0.706. The van der Waals surface area contributed by atoms with E-state index in [0.29, 0.717) is 6.54 Å². The number of nitrogens with zero attached hydrogens (tertiary/aromatic N) is 2. The highest BCUT2D eigenvalue weighted by Gasteiger charge is 2.08. The van der Waals surface area contributed by atoms with Gasteiger partial charge in [0.05, 0.1) is 0 Å². The number of carboxylic acids is 1. The third kappa shape index (κ3) is 2.57. The Balaban J connectivity index is 2.55. The van der Waals surface area contributed by atoms with E-state index >= 15 is 0 Å². The molecule has 1 rings (SSSR count). The molecule has 1 aromatic heterocycles. The fraction of sp³-hybridized carbons (Fsp3) is 0.556. The third-order valence-electron chi connectivity index (χ3n) is 1.91. The normalized spacial score (nSPS) is 10.2. The van der Waals surface area contributed by atoms with Crippen molar-refractivity contribution in [1.29, 1.82) is 0 Å². The number of aromatic carboxylic acids is 1. The molecule has 0 spiro atoms. The zero-order chi connectivity index (χ0) is 9.68. The SMILES string of the molecule is CCCCCn1nccc1C(=O)O. The van der Waals surface area contributed by atoms with E-state index in [2.05, 4.69) is 12.0 Å². The Morgan fingerprint density at radius 1 is 1.62 bits per heavy atom. The molecule has 0 atom stereocenters. The fourth-order valence-corrected chi connectivity index (χ4v) is 1.20. The summed E-state index contributed by atoms with van der Waals surface area (Å²) in [5.74, 6) is -0.908. The first-order chi connectivity index (χ1) is 6.25. The van der Waals surface area contributed by atoms with Crippen molar-refractivity contribution in [1.82, 2.24) is 9.78 Å². The first kappa shape index (κ1) is 9.77. The molecule has 1 heterocycles. The lowest BCUT2D eigenvalue weighted by atomic mass is 10.2. The van der Waals surface area contributed by atoms with Gasteiger partial charge >= 0.3 is 5.97 Å². The number of carboxylic acid groups (broad SMARTS) is 1. The van der Waals surface area contributed by atoms with Crippen LogP contribution in [0.1, 0.15) is 36.7 Å². The average Bonchev–Trinajstić information content (AvgIpc) is 2.53. The summed E-state index contributed by atoms with van der Waals surface area (Å²) in [5, 5.41) is 12.7. The van der Waals surface area contributed by atoms with Crippen LogP contribution in [-0.4, -0.2) is 20.9 Å². The molecule has 0 radical (unpaired) electrons. The van der Waals surface area contributed by atoms with E-state index in [1.807, 2.05) is 0 Å². The highest BCUT2D eigenvalue weighted by molar-refractivity contribution is 5.85. The van der Waals surface area contributed by atoms with Crippen LogP contribution in [0.3, 0.4) is 0 Å². The zero-order valence-corrected chi connectivity index (χ0v) is 7.73. The van der Waals surface area contributed by atoms with Crippen molar-refractivity contribution in [2.75, 3.05) is 0 Å². The number of rotatable bonds is 5. The number of aromatic nitrogens is 2. The van der Waals surface area contributed by atoms with Crippen LogP contribution in [0, 0.1) is 0 Å². The van der Waals surface area contributed by atoms with Gasteiger partial charge in [0.2, 0.25) is 0 Å². The number of carbonyl (C=O) groups is 1. The summed E-state index contributed by atoms with van der Waals surface area (Å²) in [7, 11) is 0. The lowest BCUT2D eigenvalue weighted by Crippen LogP contribution is -2.09. The highest BCUT2D eigenvalue weighted by atomic mass is 16.4. The molecule has 0 aromatic carbocycles. The third-order valence-corrected chi connectivity index (χ3v) is 1.91. The van der Waals surface area contributed by atoms with Gasteiger partial charge in [0.1, 0.15) is 5.69 Å². The van der Waals surface area contributed by atoms with Crippen LogP contribution in [0.2, 0.25) is 0 Å². The second-order valence-electron chi connectivity index (χ2n) is 2.95. The second kappa shape index (κ2) is 4.64. The first-order valence-electron chi connectivity index (χ1n) is 4.50. The minimum absolute atomic E-state index is 0.274. The van der Waals surface area contributed by atoms with E-state index in [1.165, 1.54) is 16.9 Å². The Hall–Kier alpha value is -1.32. The molecular weight excluding hydrogens is 168 g/mol. The molecule has 13 heavy (non-hydrogen) atoms. The van der Waals surface area contributed by atoms with E-state index in [0.717, 1.165) is 19.3 Å². The lowest BCUT2D eigenvalue weighted by molar-refractivity contribution is 0.0683. The van der Waals surface area contributed by atoms with Gasteiger partial charge in [0.25, 0.3) is 0 Å². The van der Waals surface area contributed by atoms with Gasteiger partial charge in [-0.25, -0.2) is 4.79 Å². The van der Waals surface area contributed by atoms with E-state index in [9.17, 15) is 4.79 Å². The summed E-state index contributed by atoms with van der Waals surface area (Å²) in [6, 6.07) is 1.52. The van der Waals surface area contributed by atoms with Gasteiger partial charge in [-0.05, 0) is 12.5 Å². The molecule has 0 bridgehead atoms. The van der Waals surface area contributed by atoms with E-state index < -0.39 is 5.97 Å². The summed E-state index contributed by atoms with van der Waals surface area (Å²) < 4.78 is 1.54. The molecule has 0 aliphatic rings. The summed E-state index contributed by atoms with van der Waals surface area (Å²) in [6.45, 7) is 2.81. The molecule has 72 valence electrons. The second-order valence-corrected chi connectivity index (χ2v) is 2.95. The smallest absolute Gasteiger partial charge is 0.354 e. The van der Waals surface area contributed by atoms with Gasteiger partial charge < -0.3 is 5.11 Å². The first-order valence-corrected chi connectivity index (χ1v) is 4.50. The highest BCUT2D eigenvalue weighted by Crippen LogP contribution is 2.02.